The molecular formula is C18H15N3O5. The van der Waals surface area contributed by atoms with Crippen LogP contribution in [-0.2, 0) is 11.3 Å². The number of carbonyl (C=O) groups is 1. The summed E-state index contributed by atoms with van der Waals surface area (Å²) in [6.07, 6.45) is 1.95. The Morgan fingerprint density at radius 3 is 3.00 bits per heavy atom. The van der Waals surface area contributed by atoms with Gasteiger partial charge in [-0.1, -0.05) is 5.16 Å². The highest BCUT2D eigenvalue weighted by atomic mass is 16.7. The average molecular weight is 353 g/mol. The zero-order valence-electron chi connectivity index (χ0n) is 13.8. The number of nitrogens with zero attached hydrogens (tertiary/aromatic N) is 3. The molecule has 0 radical (unpaired) electrons. The average Bonchev–Trinajstić information content (AvgIpc) is 3.43. The quantitative estimate of drug-likeness (QED) is 0.712. The Bertz CT molecular complexity index is 950. The van der Waals surface area contributed by atoms with E-state index in [4.69, 9.17) is 18.4 Å². The molecule has 4 heterocycles. The summed E-state index contributed by atoms with van der Waals surface area (Å²) in [4.78, 5) is 18.5. The molecule has 0 bridgehead atoms. The molecule has 1 atom stereocenters. The maximum absolute atomic E-state index is 12.3. The number of carbonyl (C=O) groups excluding carboxylic acids is 1. The molecule has 26 heavy (non-hydrogen) atoms. The molecule has 0 spiro atoms. The van der Waals surface area contributed by atoms with Gasteiger partial charge in [-0.3, -0.25) is 4.79 Å². The molecule has 1 saturated heterocycles. The van der Waals surface area contributed by atoms with Gasteiger partial charge in [0.2, 0.25) is 24.4 Å². The molecule has 1 unspecified atom stereocenters. The standard InChI is InChI=1S/C18H15N3O5/c22-16-7-12(8-21(16)9-13-2-1-5-23-13)18-19-17(20-26-18)11-3-4-14-15(6-11)25-10-24-14/h1-6,12H,7-10H2. The molecule has 0 aliphatic carbocycles. The topological polar surface area (TPSA) is 90.8 Å². The third kappa shape index (κ3) is 2.59. The molecule has 2 aliphatic rings. The predicted molar refractivity (Wildman–Crippen MR) is 87.3 cm³/mol. The number of likely N-dealkylation sites (tertiary alicyclic amines) is 1. The van der Waals surface area contributed by atoms with Crippen LogP contribution in [0.3, 0.4) is 0 Å². The number of amides is 1. The van der Waals surface area contributed by atoms with E-state index in [9.17, 15) is 4.79 Å². The fraction of sp³-hybridized carbons (Fsp3) is 0.278. The first-order chi connectivity index (χ1) is 12.8. The third-order valence-corrected chi connectivity index (χ3v) is 4.56. The monoisotopic (exact) mass is 353 g/mol. The van der Waals surface area contributed by atoms with Crippen LogP contribution in [0.4, 0.5) is 0 Å². The van der Waals surface area contributed by atoms with Gasteiger partial charge in [0.05, 0.1) is 18.7 Å². The van der Waals surface area contributed by atoms with Crippen molar-refractivity contribution in [3.63, 3.8) is 0 Å². The zero-order valence-corrected chi connectivity index (χ0v) is 13.8. The Labute approximate surface area is 148 Å². The highest BCUT2D eigenvalue weighted by molar-refractivity contribution is 5.79. The molecule has 2 aromatic heterocycles. The van der Waals surface area contributed by atoms with E-state index < -0.39 is 0 Å². The Morgan fingerprint density at radius 1 is 1.19 bits per heavy atom. The lowest BCUT2D eigenvalue weighted by atomic mass is 10.1. The predicted octanol–water partition coefficient (Wildman–Crippen LogP) is 2.57. The normalized spacial score (nSPS) is 18.7. The minimum atomic E-state index is -0.118. The van der Waals surface area contributed by atoms with Crippen molar-refractivity contribution in [1.29, 1.82) is 0 Å². The molecule has 8 nitrogen and oxygen atoms in total. The summed E-state index contributed by atoms with van der Waals surface area (Å²) < 4.78 is 21.4. The van der Waals surface area contributed by atoms with E-state index in [-0.39, 0.29) is 18.6 Å². The first kappa shape index (κ1) is 15.0. The van der Waals surface area contributed by atoms with Crippen molar-refractivity contribution in [2.45, 2.75) is 18.9 Å². The first-order valence-corrected chi connectivity index (χ1v) is 8.30. The van der Waals surface area contributed by atoms with Crippen molar-refractivity contribution in [1.82, 2.24) is 15.0 Å². The van der Waals surface area contributed by atoms with E-state index >= 15 is 0 Å². The molecule has 5 rings (SSSR count). The van der Waals surface area contributed by atoms with E-state index in [1.54, 1.807) is 11.2 Å². The van der Waals surface area contributed by atoms with Crippen molar-refractivity contribution in [3.8, 4) is 22.9 Å². The summed E-state index contributed by atoms with van der Waals surface area (Å²) in [6.45, 7) is 1.19. The Kier molecular flexibility index (Phi) is 3.41. The lowest BCUT2D eigenvalue weighted by Gasteiger charge is -2.13. The summed E-state index contributed by atoms with van der Waals surface area (Å²) in [6, 6.07) is 9.15. The maximum atomic E-state index is 12.3. The largest absolute Gasteiger partial charge is 0.467 e. The third-order valence-electron chi connectivity index (χ3n) is 4.56. The fourth-order valence-electron chi connectivity index (χ4n) is 3.23. The highest BCUT2D eigenvalue weighted by Crippen LogP contribution is 2.36. The molecule has 8 heteroatoms. The van der Waals surface area contributed by atoms with Crippen LogP contribution in [0, 0.1) is 0 Å². The van der Waals surface area contributed by atoms with Gasteiger partial charge >= 0.3 is 0 Å². The lowest BCUT2D eigenvalue weighted by molar-refractivity contribution is -0.128. The van der Waals surface area contributed by atoms with E-state index in [1.165, 1.54) is 0 Å². The maximum Gasteiger partial charge on any atom is 0.232 e. The van der Waals surface area contributed by atoms with Crippen molar-refractivity contribution in [2.75, 3.05) is 13.3 Å². The molecule has 3 aromatic rings. The Morgan fingerprint density at radius 2 is 2.12 bits per heavy atom. The smallest absolute Gasteiger partial charge is 0.232 e. The number of rotatable bonds is 4. The van der Waals surface area contributed by atoms with Gasteiger partial charge in [-0.05, 0) is 30.3 Å². The van der Waals surface area contributed by atoms with Crippen molar-refractivity contribution in [3.05, 3.63) is 48.2 Å². The molecule has 1 fully saturated rings. The van der Waals surface area contributed by atoms with Crippen LogP contribution in [0.1, 0.15) is 24.0 Å². The number of furan rings is 1. The summed E-state index contributed by atoms with van der Waals surface area (Å²) >= 11 is 0. The van der Waals surface area contributed by atoms with E-state index in [0.29, 0.717) is 42.7 Å². The molecule has 132 valence electrons. The number of fused-ring (bicyclic) bond motifs is 1. The SMILES string of the molecule is O=C1CC(c2nc(-c3ccc4c(c3)OCO4)no2)CN1Cc1ccco1. The van der Waals surface area contributed by atoms with Crippen molar-refractivity contribution < 1.29 is 23.2 Å². The van der Waals surface area contributed by atoms with Gasteiger partial charge in [0.1, 0.15) is 5.76 Å². The van der Waals surface area contributed by atoms with E-state index in [0.717, 1.165) is 11.3 Å². The molecule has 1 amide bonds. The molecule has 0 saturated carbocycles. The van der Waals surface area contributed by atoms with Crippen LogP contribution in [-0.4, -0.2) is 34.3 Å². The molecule has 0 N–H and O–H groups in total. The Balaban J connectivity index is 1.33. The lowest BCUT2D eigenvalue weighted by Crippen LogP contribution is -2.24. The number of benzene rings is 1. The highest BCUT2D eigenvalue weighted by Gasteiger charge is 2.34. The van der Waals surface area contributed by atoms with Gasteiger partial charge in [-0.2, -0.15) is 4.98 Å². The van der Waals surface area contributed by atoms with Crippen LogP contribution in [0.15, 0.2) is 45.5 Å². The number of hydrogen-bond donors (Lipinski definition) is 0. The number of aromatic nitrogens is 2. The van der Waals surface area contributed by atoms with Gasteiger partial charge in [0, 0.05) is 18.5 Å². The summed E-state index contributed by atoms with van der Waals surface area (Å²) in [5.41, 5.74) is 0.779. The van der Waals surface area contributed by atoms with Crippen LogP contribution < -0.4 is 9.47 Å². The van der Waals surface area contributed by atoms with Crippen molar-refractivity contribution >= 4 is 5.91 Å². The summed E-state index contributed by atoms with van der Waals surface area (Å²) in [5.74, 6) is 2.98. The second-order valence-electron chi connectivity index (χ2n) is 6.28. The minimum Gasteiger partial charge on any atom is -0.467 e. The van der Waals surface area contributed by atoms with Crippen LogP contribution in [0.5, 0.6) is 11.5 Å². The van der Waals surface area contributed by atoms with Crippen LogP contribution >= 0.6 is 0 Å². The van der Waals surface area contributed by atoms with E-state index in [1.807, 2.05) is 30.3 Å². The number of ether oxygens (including phenoxy) is 2. The van der Waals surface area contributed by atoms with Gasteiger partial charge in [0.25, 0.3) is 0 Å². The molecule has 2 aliphatic heterocycles. The number of hydrogen-bond acceptors (Lipinski definition) is 7. The van der Waals surface area contributed by atoms with Gasteiger partial charge < -0.3 is 23.3 Å². The van der Waals surface area contributed by atoms with Crippen LogP contribution in [0.25, 0.3) is 11.4 Å². The first-order valence-electron chi connectivity index (χ1n) is 8.30. The molecule has 1 aromatic carbocycles. The Hall–Kier alpha value is -3.29. The van der Waals surface area contributed by atoms with Gasteiger partial charge in [-0.25, -0.2) is 0 Å². The van der Waals surface area contributed by atoms with Crippen molar-refractivity contribution in [2.24, 2.45) is 0 Å². The van der Waals surface area contributed by atoms with Gasteiger partial charge in [-0.15, -0.1) is 0 Å². The molecular weight excluding hydrogens is 338 g/mol. The summed E-state index contributed by atoms with van der Waals surface area (Å²) in [5, 5.41) is 4.05. The minimum absolute atomic E-state index is 0.0502. The van der Waals surface area contributed by atoms with Gasteiger partial charge in [0.15, 0.2) is 11.5 Å². The second-order valence-corrected chi connectivity index (χ2v) is 6.28. The zero-order chi connectivity index (χ0) is 17.5. The van der Waals surface area contributed by atoms with Crippen LogP contribution in [0.2, 0.25) is 0 Å². The summed E-state index contributed by atoms with van der Waals surface area (Å²) in [7, 11) is 0. The second kappa shape index (κ2) is 5.91. The fourth-order valence-corrected chi connectivity index (χ4v) is 3.23. The van der Waals surface area contributed by atoms with E-state index in [2.05, 4.69) is 10.1 Å².